The van der Waals surface area contributed by atoms with Gasteiger partial charge in [-0.1, -0.05) is 10.4 Å². The number of aliphatic hydroxyl groups excluding tert-OH is 6. The first-order chi connectivity index (χ1) is 57.6. The Labute approximate surface area is 687 Å². The molecule has 0 radical (unpaired) electrons. The van der Waals surface area contributed by atoms with E-state index in [0.717, 1.165) is 0 Å². The molecule has 0 aliphatic carbocycles. The van der Waals surface area contributed by atoms with Crippen LogP contribution in [0.15, 0.2) is 12.4 Å². The third kappa shape index (κ3) is 60.9. The first kappa shape index (κ1) is 106. The summed E-state index contributed by atoms with van der Waals surface area (Å²) in [7, 11) is 0. The minimum absolute atomic E-state index is 0.00911. The average molecular weight is 1710 g/mol. The van der Waals surface area contributed by atoms with Crippen LogP contribution >= 0.6 is 0 Å². The molecule has 2 aliphatic heterocycles. The lowest BCUT2D eigenvalue weighted by atomic mass is 10.0. The lowest BCUT2D eigenvalue weighted by molar-refractivity contribution is -0.296. The van der Waals surface area contributed by atoms with Gasteiger partial charge in [-0.25, -0.2) is 9.36 Å². The Morgan fingerprint density at radius 1 is 0.222 bits per heavy atom. The summed E-state index contributed by atoms with van der Waals surface area (Å²) in [6.07, 6.45) is -8.07. The van der Waals surface area contributed by atoms with E-state index in [-0.39, 0.29) is 13.2 Å². The second-order valence-corrected chi connectivity index (χ2v) is 25.5. The molecule has 117 heavy (non-hydrogen) atoms. The molecule has 43 nitrogen and oxygen atoms in total. The zero-order valence-electron chi connectivity index (χ0n) is 69.0. The average Bonchev–Trinajstić information content (AvgIpc) is 0.988. The summed E-state index contributed by atoms with van der Waals surface area (Å²) >= 11 is 0. The van der Waals surface area contributed by atoms with E-state index in [2.05, 4.69) is 20.6 Å². The molecule has 4 heterocycles. The van der Waals surface area contributed by atoms with Gasteiger partial charge in [-0.3, -0.25) is 0 Å². The highest BCUT2D eigenvalue weighted by molar-refractivity contribution is 4.93. The molecule has 0 amide bonds. The largest absolute Gasteiger partial charge is 0.388 e. The van der Waals surface area contributed by atoms with Gasteiger partial charge in [0.05, 0.1) is 408 Å². The topological polar surface area (TPSA) is 469 Å². The Hall–Kier alpha value is -3.20. The molecule has 0 bridgehead atoms. The van der Waals surface area contributed by atoms with Crippen LogP contribution in [0.2, 0.25) is 0 Å². The van der Waals surface area contributed by atoms with Crippen LogP contribution in [0.25, 0.3) is 0 Å². The maximum absolute atomic E-state index is 10.1. The highest BCUT2D eigenvalue weighted by Gasteiger charge is 2.43. The van der Waals surface area contributed by atoms with Gasteiger partial charge < -0.3 is 177 Å². The van der Waals surface area contributed by atoms with Gasteiger partial charge in [0.2, 0.25) is 0 Å². The quantitative estimate of drug-likeness (QED) is 0.0353. The molecular formula is C74H140N6O37. The Kier molecular flexibility index (Phi) is 71.4. The van der Waals surface area contributed by atoms with Crippen molar-refractivity contribution in [3.8, 4) is 0 Å². The fourth-order valence-corrected chi connectivity index (χ4v) is 9.80. The normalized spacial score (nSPS) is 19.8. The molecule has 10 atom stereocenters. The molecule has 0 aromatic carbocycles. The molecule has 6 N–H and O–H groups in total. The van der Waals surface area contributed by atoms with Gasteiger partial charge in [-0.2, -0.15) is 0 Å². The van der Waals surface area contributed by atoms with Crippen molar-refractivity contribution in [2.24, 2.45) is 0 Å². The zero-order valence-corrected chi connectivity index (χ0v) is 69.0. The number of rotatable bonds is 90. The van der Waals surface area contributed by atoms with Gasteiger partial charge in [0.25, 0.3) is 0 Å². The minimum atomic E-state index is -1.38. The molecule has 2 aromatic heterocycles. The Morgan fingerprint density at radius 3 is 0.521 bits per heavy atom. The summed E-state index contributed by atoms with van der Waals surface area (Å²) in [5, 5.41) is 75.8. The van der Waals surface area contributed by atoms with Gasteiger partial charge in [0, 0.05) is 0 Å². The predicted octanol–water partition coefficient (Wildman–Crippen LogP) is -3.29. The van der Waals surface area contributed by atoms with E-state index < -0.39 is 61.4 Å². The van der Waals surface area contributed by atoms with Crippen molar-refractivity contribution in [3.05, 3.63) is 23.8 Å². The van der Waals surface area contributed by atoms with Crippen LogP contribution in [0, 0.1) is 0 Å². The van der Waals surface area contributed by atoms with Crippen molar-refractivity contribution in [2.45, 2.75) is 102 Å². The molecule has 2 fully saturated rings. The first-order valence-corrected chi connectivity index (χ1v) is 40.6. The summed E-state index contributed by atoms with van der Waals surface area (Å²) in [4.78, 5) is 0. The van der Waals surface area contributed by atoms with Crippen molar-refractivity contribution >= 4 is 0 Å². The van der Waals surface area contributed by atoms with Crippen molar-refractivity contribution in [3.63, 3.8) is 0 Å². The molecule has 5 unspecified atom stereocenters. The summed E-state index contributed by atoms with van der Waals surface area (Å²) in [6.45, 7) is 28.8. The maximum atomic E-state index is 10.1. The van der Waals surface area contributed by atoms with Gasteiger partial charge in [-0.15, -0.1) is 10.2 Å². The number of aliphatic hydroxyl groups is 6. The fraction of sp³-hybridized carbons (Fsp3) is 0.946. The van der Waals surface area contributed by atoms with E-state index in [1.54, 1.807) is 35.6 Å². The number of aromatic nitrogens is 6. The summed E-state index contributed by atoms with van der Waals surface area (Å²) in [5.74, 6) is 0. The molecule has 688 valence electrons. The van der Waals surface area contributed by atoms with Gasteiger partial charge in [0.15, 0.2) is 12.6 Å². The van der Waals surface area contributed by atoms with Crippen LogP contribution in [0.1, 0.15) is 25.2 Å². The van der Waals surface area contributed by atoms with E-state index >= 15 is 0 Å². The number of nitrogens with zero attached hydrogens (tertiary/aromatic N) is 6. The number of hydrogen-bond acceptors (Lipinski definition) is 41. The Morgan fingerprint density at radius 2 is 0.368 bits per heavy atom. The van der Waals surface area contributed by atoms with E-state index in [0.29, 0.717) is 381 Å². The maximum Gasteiger partial charge on any atom is 0.186 e. The fourth-order valence-electron chi connectivity index (χ4n) is 9.80. The van der Waals surface area contributed by atoms with E-state index in [4.69, 9.17) is 147 Å². The van der Waals surface area contributed by atoms with Crippen LogP contribution in [-0.4, -0.2) is 479 Å². The summed E-state index contributed by atoms with van der Waals surface area (Å²) in [5.41, 5.74) is 1.03. The Balaban J connectivity index is 0.686. The van der Waals surface area contributed by atoms with Crippen molar-refractivity contribution in [1.82, 2.24) is 30.0 Å². The van der Waals surface area contributed by atoms with Crippen LogP contribution < -0.4 is 0 Å². The van der Waals surface area contributed by atoms with Gasteiger partial charge >= 0.3 is 0 Å². The molecule has 2 aliphatic rings. The third-order valence-electron chi connectivity index (χ3n) is 16.2. The van der Waals surface area contributed by atoms with Crippen LogP contribution in [0.4, 0.5) is 0 Å². The third-order valence-corrected chi connectivity index (χ3v) is 16.2. The van der Waals surface area contributed by atoms with Crippen LogP contribution in [0.5, 0.6) is 0 Å². The lowest BCUT2D eigenvalue weighted by Gasteiger charge is -2.38. The monoisotopic (exact) mass is 1700 g/mol. The minimum Gasteiger partial charge on any atom is -0.388 e. The SMILES string of the molecule is CC1O[C@@H](OCc2cn(CCOCCOCCOCCOCCOCCOCCOCCOCCOCCOCCOCCOCCOCCOCCOCCOCCOCCOCCOCCOCCOCCOCCOCCOCCOCCOCCOCCn3cc(CO[C@@H]4OC(C)[C@@H](O)C(O)[C@H]4O)nn3)nn2)C(O)C(O)[C@@H]1O. The predicted molar refractivity (Wildman–Crippen MR) is 406 cm³/mol. The molecule has 0 spiro atoms. The van der Waals surface area contributed by atoms with Gasteiger partial charge in [-0.05, 0) is 13.8 Å². The zero-order chi connectivity index (χ0) is 83.3. The molecule has 43 heteroatoms. The van der Waals surface area contributed by atoms with E-state index in [9.17, 15) is 30.6 Å². The summed E-state index contributed by atoms with van der Waals surface area (Å²) < 4.78 is 175. The number of hydrogen-bond donors (Lipinski definition) is 6. The first-order valence-electron chi connectivity index (χ1n) is 40.6. The molecule has 4 rings (SSSR count). The summed E-state index contributed by atoms with van der Waals surface area (Å²) in [6, 6.07) is 0. The van der Waals surface area contributed by atoms with Crippen molar-refractivity contribution in [2.75, 3.05) is 357 Å². The second kappa shape index (κ2) is 78.8. The van der Waals surface area contributed by atoms with Crippen molar-refractivity contribution in [1.29, 1.82) is 0 Å². The number of ether oxygens (including phenoxy) is 31. The molecule has 0 saturated carbocycles. The van der Waals surface area contributed by atoms with Crippen LogP contribution in [0.3, 0.4) is 0 Å². The second-order valence-electron chi connectivity index (χ2n) is 25.5. The highest BCUT2D eigenvalue weighted by Crippen LogP contribution is 2.24. The van der Waals surface area contributed by atoms with Crippen molar-refractivity contribution < 1.29 is 177 Å². The lowest BCUT2D eigenvalue weighted by Crippen LogP contribution is -2.57. The molecule has 2 saturated heterocycles. The smallest absolute Gasteiger partial charge is 0.186 e. The van der Waals surface area contributed by atoms with Crippen LogP contribution in [-0.2, 0) is 173 Å². The Bertz CT molecular complexity index is 2250. The molecule has 2 aromatic rings. The highest BCUT2D eigenvalue weighted by atomic mass is 16.7. The van der Waals surface area contributed by atoms with E-state index in [1.165, 1.54) is 0 Å². The van der Waals surface area contributed by atoms with Gasteiger partial charge in [0.1, 0.15) is 48.0 Å². The van der Waals surface area contributed by atoms with E-state index in [1.807, 2.05) is 0 Å². The standard InChI is InChI=1S/C74H140N6O37/c1-63-67(81)69(83)71(85)73(116-63)114-61-65-59-79(77-75-65)3-5-87-7-9-89-11-13-91-15-17-93-19-21-95-23-25-97-27-29-99-31-33-101-35-37-103-39-41-105-43-45-107-47-49-109-51-53-111-55-57-113-58-56-112-54-52-110-50-48-108-46-44-106-42-40-104-38-36-102-34-32-100-30-28-98-26-24-96-22-20-94-18-16-92-14-12-90-10-8-88-6-4-80-60-66(76-78-80)62-115-74-72(86)70(84)68(82)64(2)117-74/h59-60,63-64,67-74,81-86H,3-58,61-62H2,1-2H3/t63?,64?,67-,68-,69?,70?,71-,72?,73-,74-/m1/s1. The molecular weight excluding hydrogens is 1560 g/mol.